The molecule has 9 heteroatoms. The Morgan fingerprint density at radius 1 is 1.38 bits per heavy atom. The fourth-order valence-corrected chi connectivity index (χ4v) is 4.36. The first kappa shape index (κ1) is 18.9. The van der Waals surface area contributed by atoms with E-state index >= 15 is 0 Å². The molecule has 132 valence electrons. The molecular weight excluding hydrogens is 355 g/mol. The molecule has 1 N–H and O–H groups in total. The normalized spacial score (nSPS) is 19.0. The lowest BCUT2D eigenvalue weighted by atomic mass is 10.2. The van der Waals surface area contributed by atoms with E-state index in [1.165, 1.54) is 16.4 Å². The standard InChI is InChI=1S/C15H19FN4O2S.ClH/c1-11-3-4-12(9-13(11)16)23(21,22)20-8-5-17-10-14(20)15-18-6-7-19(15)2;/h3-4,6-7,9,14,17H,5,8,10H2,1-2H3;1H. The van der Waals surface area contributed by atoms with Crippen LogP contribution in [0.5, 0.6) is 0 Å². The minimum Gasteiger partial charge on any atom is -0.337 e. The van der Waals surface area contributed by atoms with Gasteiger partial charge in [0.25, 0.3) is 0 Å². The van der Waals surface area contributed by atoms with Crippen LogP contribution >= 0.6 is 12.4 Å². The van der Waals surface area contributed by atoms with Gasteiger partial charge in [-0.1, -0.05) is 6.07 Å². The smallest absolute Gasteiger partial charge is 0.243 e. The van der Waals surface area contributed by atoms with Crippen LogP contribution in [0, 0.1) is 12.7 Å². The Kier molecular flexibility index (Phi) is 5.64. The molecule has 1 unspecified atom stereocenters. The van der Waals surface area contributed by atoms with E-state index in [1.807, 2.05) is 7.05 Å². The van der Waals surface area contributed by atoms with Crippen molar-refractivity contribution in [3.63, 3.8) is 0 Å². The van der Waals surface area contributed by atoms with Gasteiger partial charge < -0.3 is 9.88 Å². The maximum absolute atomic E-state index is 13.8. The SMILES string of the molecule is Cc1ccc(S(=O)(=O)N2CCNCC2c2nccn2C)cc1F.Cl. The Morgan fingerprint density at radius 2 is 2.12 bits per heavy atom. The quantitative estimate of drug-likeness (QED) is 0.886. The van der Waals surface area contributed by atoms with E-state index in [4.69, 9.17) is 0 Å². The predicted molar refractivity (Wildman–Crippen MR) is 91.1 cm³/mol. The monoisotopic (exact) mass is 374 g/mol. The molecule has 6 nitrogen and oxygen atoms in total. The summed E-state index contributed by atoms with van der Waals surface area (Å²) in [6, 6.07) is 3.60. The van der Waals surface area contributed by atoms with Crippen LogP contribution in [0.4, 0.5) is 4.39 Å². The molecule has 0 saturated carbocycles. The van der Waals surface area contributed by atoms with E-state index in [1.54, 1.807) is 23.9 Å². The van der Waals surface area contributed by atoms with Crippen molar-refractivity contribution >= 4 is 22.4 Å². The number of sulfonamides is 1. The third kappa shape index (κ3) is 3.32. The van der Waals surface area contributed by atoms with Gasteiger partial charge in [0.1, 0.15) is 11.6 Å². The lowest BCUT2D eigenvalue weighted by Crippen LogP contribution is -2.49. The van der Waals surface area contributed by atoms with E-state index in [-0.39, 0.29) is 17.3 Å². The Balaban J connectivity index is 0.00000208. The lowest BCUT2D eigenvalue weighted by Gasteiger charge is -2.34. The summed E-state index contributed by atoms with van der Waals surface area (Å²) in [6.07, 6.45) is 3.42. The van der Waals surface area contributed by atoms with Crippen LogP contribution in [0.15, 0.2) is 35.5 Å². The van der Waals surface area contributed by atoms with Crippen LogP contribution in [0.25, 0.3) is 0 Å². The van der Waals surface area contributed by atoms with Crippen molar-refractivity contribution in [1.82, 2.24) is 19.2 Å². The van der Waals surface area contributed by atoms with Gasteiger partial charge in [0.15, 0.2) is 0 Å². The molecule has 1 aliphatic heterocycles. The highest BCUT2D eigenvalue weighted by molar-refractivity contribution is 7.89. The summed E-state index contributed by atoms with van der Waals surface area (Å²) < 4.78 is 42.9. The van der Waals surface area contributed by atoms with Crippen LogP contribution < -0.4 is 5.32 Å². The summed E-state index contributed by atoms with van der Waals surface area (Å²) in [4.78, 5) is 4.25. The number of imidazole rings is 1. The molecule has 0 aliphatic carbocycles. The lowest BCUT2D eigenvalue weighted by molar-refractivity contribution is 0.258. The first-order valence-corrected chi connectivity index (χ1v) is 8.81. The molecule has 0 amide bonds. The summed E-state index contributed by atoms with van der Waals surface area (Å²) in [7, 11) is -1.97. The number of aryl methyl sites for hydroxylation is 2. The Hall–Kier alpha value is -1.48. The molecule has 24 heavy (non-hydrogen) atoms. The number of halogens is 2. The van der Waals surface area contributed by atoms with Crippen molar-refractivity contribution in [3.8, 4) is 0 Å². The molecule has 1 aromatic carbocycles. The second-order valence-electron chi connectivity index (χ2n) is 5.64. The largest absolute Gasteiger partial charge is 0.337 e. The Labute approximate surface area is 147 Å². The Bertz CT molecular complexity index is 825. The van der Waals surface area contributed by atoms with E-state index in [0.29, 0.717) is 31.0 Å². The highest BCUT2D eigenvalue weighted by Gasteiger charge is 2.36. The van der Waals surface area contributed by atoms with Gasteiger partial charge in [-0.25, -0.2) is 17.8 Å². The molecule has 2 aromatic rings. The van der Waals surface area contributed by atoms with Crippen LogP contribution in [-0.2, 0) is 17.1 Å². The van der Waals surface area contributed by atoms with Gasteiger partial charge in [0.05, 0.1) is 10.9 Å². The second-order valence-corrected chi connectivity index (χ2v) is 7.53. The number of nitrogens with zero attached hydrogens (tertiary/aromatic N) is 3. The number of rotatable bonds is 3. The van der Waals surface area contributed by atoms with Gasteiger partial charge in [0, 0.05) is 39.1 Å². The number of piperazine rings is 1. The van der Waals surface area contributed by atoms with Crippen molar-refractivity contribution in [1.29, 1.82) is 0 Å². The van der Waals surface area contributed by atoms with Crippen molar-refractivity contribution in [2.45, 2.75) is 17.9 Å². The van der Waals surface area contributed by atoms with Crippen molar-refractivity contribution in [2.75, 3.05) is 19.6 Å². The maximum atomic E-state index is 13.8. The van der Waals surface area contributed by atoms with Gasteiger partial charge in [-0.3, -0.25) is 0 Å². The van der Waals surface area contributed by atoms with Gasteiger partial charge in [-0.05, 0) is 24.6 Å². The van der Waals surface area contributed by atoms with Gasteiger partial charge in [0.2, 0.25) is 10.0 Å². The summed E-state index contributed by atoms with van der Waals surface area (Å²) >= 11 is 0. The zero-order valence-electron chi connectivity index (χ0n) is 13.4. The van der Waals surface area contributed by atoms with Crippen molar-refractivity contribution in [2.24, 2.45) is 7.05 Å². The first-order chi connectivity index (χ1) is 10.9. The van der Waals surface area contributed by atoms with Gasteiger partial charge in [-0.15, -0.1) is 12.4 Å². The highest BCUT2D eigenvalue weighted by atomic mass is 35.5. The number of benzene rings is 1. The van der Waals surface area contributed by atoms with Crippen LogP contribution in [0.1, 0.15) is 17.4 Å². The van der Waals surface area contributed by atoms with E-state index in [0.717, 1.165) is 6.07 Å². The summed E-state index contributed by atoms with van der Waals surface area (Å²) in [5.41, 5.74) is 0.421. The highest BCUT2D eigenvalue weighted by Crippen LogP contribution is 2.28. The third-order valence-corrected chi connectivity index (χ3v) is 6.00. The molecule has 0 spiro atoms. The first-order valence-electron chi connectivity index (χ1n) is 7.37. The molecule has 1 atom stereocenters. The molecule has 0 radical (unpaired) electrons. The number of hydrogen-bond acceptors (Lipinski definition) is 4. The van der Waals surface area contributed by atoms with Crippen molar-refractivity contribution < 1.29 is 12.8 Å². The molecule has 3 rings (SSSR count). The summed E-state index contributed by atoms with van der Waals surface area (Å²) in [6.45, 7) is 2.94. The predicted octanol–water partition coefficient (Wildman–Crippen LogP) is 1.62. The average molecular weight is 375 g/mol. The minimum absolute atomic E-state index is 0. The third-order valence-electron chi connectivity index (χ3n) is 4.10. The topological polar surface area (TPSA) is 67.2 Å². The van der Waals surface area contributed by atoms with Gasteiger partial charge in [-0.2, -0.15) is 4.31 Å². The molecule has 1 aromatic heterocycles. The minimum atomic E-state index is -3.79. The molecule has 2 heterocycles. The van der Waals surface area contributed by atoms with E-state index in [2.05, 4.69) is 10.3 Å². The molecule has 1 fully saturated rings. The van der Waals surface area contributed by atoms with E-state index in [9.17, 15) is 12.8 Å². The van der Waals surface area contributed by atoms with Crippen LogP contribution in [0.2, 0.25) is 0 Å². The van der Waals surface area contributed by atoms with Crippen LogP contribution in [0.3, 0.4) is 0 Å². The Morgan fingerprint density at radius 3 is 2.75 bits per heavy atom. The number of aromatic nitrogens is 2. The maximum Gasteiger partial charge on any atom is 0.243 e. The van der Waals surface area contributed by atoms with E-state index < -0.39 is 21.9 Å². The average Bonchev–Trinajstić information content (AvgIpc) is 2.96. The van der Waals surface area contributed by atoms with Gasteiger partial charge >= 0.3 is 0 Å². The molecule has 1 saturated heterocycles. The fourth-order valence-electron chi connectivity index (χ4n) is 2.76. The van der Waals surface area contributed by atoms with Crippen molar-refractivity contribution in [3.05, 3.63) is 47.8 Å². The molecular formula is C15H20ClFN4O2S. The summed E-state index contributed by atoms with van der Waals surface area (Å²) in [5.74, 6) is 0.142. The zero-order valence-corrected chi connectivity index (χ0v) is 15.1. The van der Waals surface area contributed by atoms with Crippen LogP contribution in [-0.4, -0.2) is 41.9 Å². The summed E-state index contributed by atoms with van der Waals surface area (Å²) in [5, 5.41) is 3.19. The zero-order chi connectivity index (χ0) is 16.6. The fraction of sp³-hybridized carbons (Fsp3) is 0.400. The second kappa shape index (κ2) is 7.18. The molecule has 1 aliphatic rings. The molecule has 0 bridgehead atoms. The number of hydrogen-bond donors (Lipinski definition) is 1. The number of nitrogens with one attached hydrogen (secondary N) is 1.